The number of nitrogens with two attached hydrogens (primary N) is 1. The van der Waals surface area contributed by atoms with Crippen LogP contribution >= 0.6 is 0 Å². The second kappa shape index (κ2) is 6.80. The third-order valence-electron chi connectivity index (χ3n) is 3.96. The van der Waals surface area contributed by atoms with Crippen LogP contribution in [0.1, 0.15) is 26.2 Å². The summed E-state index contributed by atoms with van der Waals surface area (Å²) in [5, 5.41) is 0. The molecule has 1 unspecified atom stereocenters. The Labute approximate surface area is 126 Å². The molecule has 1 aliphatic heterocycles. The summed E-state index contributed by atoms with van der Waals surface area (Å²) in [7, 11) is 4.19. The fourth-order valence-corrected chi connectivity index (χ4v) is 2.74. The highest BCUT2D eigenvalue weighted by molar-refractivity contribution is 5.98. The van der Waals surface area contributed by atoms with Gasteiger partial charge in [0.2, 0.25) is 0 Å². The third-order valence-corrected chi connectivity index (χ3v) is 3.96. The lowest BCUT2D eigenvalue weighted by atomic mass is 10.1. The molecule has 0 saturated carbocycles. The molecule has 2 rings (SSSR count). The van der Waals surface area contributed by atoms with Gasteiger partial charge in [-0.25, -0.2) is 0 Å². The smallest absolute Gasteiger partial charge is 0.265 e. The van der Waals surface area contributed by atoms with Gasteiger partial charge in [0, 0.05) is 24.3 Å². The number of benzene rings is 1. The SMILES string of the molecule is CCCC(CCN1C(=O)COc2cc(N)ccc21)N(C)C. The Morgan fingerprint density at radius 2 is 2.14 bits per heavy atom. The van der Waals surface area contributed by atoms with Crippen molar-refractivity contribution in [1.29, 1.82) is 0 Å². The van der Waals surface area contributed by atoms with Gasteiger partial charge < -0.3 is 20.3 Å². The Hall–Kier alpha value is -1.75. The highest BCUT2D eigenvalue weighted by atomic mass is 16.5. The van der Waals surface area contributed by atoms with Gasteiger partial charge in [0.25, 0.3) is 5.91 Å². The van der Waals surface area contributed by atoms with Gasteiger partial charge >= 0.3 is 0 Å². The van der Waals surface area contributed by atoms with E-state index in [9.17, 15) is 4.79 Å². The van der Waals surface area contributed by atoms with Crippen LogP contribution in [-0.2, 0) is 4.79 Å². The molecule has 0 saturated heterocycles. The Morgan fingerprint density at radius 1 is 1.38 bits per heavy atom. The van der Waals surface area contributed by atoms with Crippen LogP contribution in [0.4, 0.5) is 11.4 Å². The summed E-state index contributed by atoms with van der Waals surface area (Å²) < 4.78 is 5.47. The first-order valence-corrected chi connectivity index (χ1v) is 7.52. The largest absolute Gasteiger partial charge is 0.481 e. The van der Waals surface area contributed by atoms with E-state index in [4.69, 9.17) is 10.5 Å². The standard InChI is InChI=1S/C16H25N3O2/c1-4-5-13(18(2)3)8-9-19-14-7-6-12(17)10-15(14)21-11-16(19)20/h6-7,10,13H,4-5,8-9,11,17H2,1-3H3. The molecule has 21 heavy (non-hydrogen) atoms. The van der Waals surface area contributed by atoms with Crippen molar-refractivity contribution in [3.05, 3.63) is 18.2 Å². The number of amides is 1. The Balaban J connectivity index is 2.11. The summed E-state index contributed by atoms with van der Waals surface area (Å²) in [6, 6.07) is 5.95. The topological polar surface area (TPSA) is 58.8 Å². The Kier molecular flexibility index (Phi) is 5.07. The number of carbonyl (C=O) groups excluding carboxylic acids is 1. The molecule has 5 heteroatoms. The summed E-state index contributed by atoms with van der Waals surface area (Å²) in [6.45, 7) is 2.99. The zero-order valence-electron chi connectivity index (χ0n) is 13.1. The van der Waals surface area contributed by atoms with Crippen LogP contribution in [0, 0.1) is 0 Å². The number of fused-ring (bicyclic) bond motifs is 1. The molecule has 1 aromatic rings. The van der Waals surface area contributed by atoms with E-state index in [0.717, 1.165) is 24.9 Å². The number of ether oxygens (including phenoxy) is 1. The summed E-state index contributed by atoms with van der Waals surface area (Å²) in [5.41, 5.74) is 7.25. The minimum atomic E-state index is 0.0151. The van der Waals surface area contributed by atoms with Crippen LogP contribution in [0.3, 0.4) is 0 Å². The summed E-state index contributed by atoms with van der Waals surface area (Å²) >= 11 is 0. The van der Waals surface area contributed by atoms with E-state index < -0.39 is 0 Å². The van der Waals surface area contributed by atoms with Gasteiger partial charge in [0.05, 0.1) is 5.69 Å². The highest BCUT2D eigenvalue weighted by Gasteiger charge is 2.26. The molecule has 0 bridgehead atoms. The number of rotatable bonds is 6. The molecule has 5 nitrogen and oxygen atoms in total. The maximum atomic E-state index is 12.1. The van der Waals surface area contributed by atoms with Gasteiger partial charge in [-0.2, -0.15) is 0 Å². The molecule has 2 N–H and O–H groups in total. The number of nitrogens with zero attached hydrogens (tertiary/aromatic N) is 2. The molecule has 0 fully saturated rings. The molecular formula is C16H25N3O2. The fourth-order valence-electron chi connectivity index (χ4n) is 2.74. The van der Waals surface area contributed by atoms with Crippen LogP contribution in [0.15, 0.2) is 18.2 Å². The first kappa shape index (κ1) is 15.6. The third kappa shape index (κ3) is 3.67. The Bertz CT molecular complexity index is 502. The second-order valence-electron chi connectivity index (χ2n) is 5.76. The first-order valence-electron chi connectivity index (χ1n) is 7.52. The Morgan fingerprint density at radius 3 is 2.81 bits per heavy atom. The van der Waals surface area contributed by atoms with Gasteiger partial charge in [-0.1, -0.05) is 13.3 Å². The van der Waals surface area contributed by atoms with E-state index in [1.807, 2.05) is 17.0 Å². The molecule has 1 aromatic carbocycles. The minimum Gasteiger partial charge on any atom is -0.481 e. The van der Waals surface area contributed by atoms with Gasteiger partial charge in [0.15, 0.2) is 6.61 Å². The summed E-state index contributed by atoms with van der Waals surface area (Å²) in [6.07, 6.45) is 3.24. The molecule has 1 aliphatic rings. The van der Waals surface area contributed by atoms with Crippen molar-refractivity contribution in [3.63, 3.8) is 0 Å². The molecule has 0 aliphatic carbocycles. The average Bonchev–Trinajstić information content (AvgIpc) is 2.44. The van der Waals surface area contributed by atoms with Crippen molar-refractivity contribution in [3.8, 4) is 5.75 Å². The lowest BCUT2D eigenvalue weighted by Gasteiger charge is -2.32. The number of anilines is 2. The molecule has 1 amide bonds. The minimum absolute atomic E-state index is 0.0151. The van der Waals surface area contributed by atoms with Gasteiger partial charge in [0.1, 0.15) is 5.75 Å². The van der Waals surface area contributed by atoms with Crippen molar-refractivity contribution < 1.29 is 9.53 Å². The fraction of sp³-hybridized carbons (Fsp3) is 0.562. The zero-order chi connectivity index (χ0) is 15.4. The van der Waals surface area contributed by atoms with E-state index in [0.29, 0.717) is 24.0 Å². The van der Waals surface area contributed by atoms with Crippen molar-refractivity contribution in [2.45, 2.75) is 32.2 Å². The lowest BCUT2D eigenvalue weighted by Crippen LogP contribution is -2.41. The zero-order valence-corrected chi connectivity index (χ0v) is 13.1. The van der Waals surface area contributed by atoms with Crippen LogP contribution in [0.25, 0.3) is 0 Å². The summed E-state index contributed by atoms with van der Waals surface area (Å²) in [4.78, 5) is 16.2. The molecule has 1 heterocycles. The molecule has 0 aromatic heterocycles. The molecule has 1 atom stereocenters. The van der Waals surface area contributed by atoms with Crippen LogP contribution in [0.2, 0.25) is 0 Å². The van der Waals surface area contributed by atoms with Crippen molar-refractivity contribution in [1.82, 2.24) is 4.90 Å². The van der Waals surface area contributed by atoms with Crippen molar-refractivity contribution in [2.75, 3.05) is 37.9 Å². The quantitative estimate of drug-likeness (QED) is 0.816. The van der Waals surface area contributed by atoms with Crippen LogP contribution < -0.4 is 15.4 Å². The highest BCUT2D eigenvalue weighted by Crippen LogP contribution is 2.34. The number of hydrogen-bond donors (Lipinski definition) is 1. The van der Waals surface area contributed by atoms with Crippen LogP contribution in [0.5, 0.6) is 5.75 Å². The molecule has 0 radical (unpaired) electrons. The predicted octanol–water partition coefficient (Wildman–Crippen LogP) is 2.11. The maximum absolute atomic E-state index is 12.1. The normalized spacial score (nSPS) is 15.8. The van der Waals surface area contributed by atoms with Gasteiger partial charge in [-0.05, 0) is 39.1 Å². The van der Waals surface area contributed by atoms with Crippen molar-refractivity contribution in [2.24, 2.45) is 0 Å². The first-order chi connectivity index (χ1) is 10.0. The van der Waals surface area contributed by atoms with E-state index in [1.165, 1.54) is 0 Å². The van der Waals surface area contributed by atoms with E-state index in [1.54, 1.807) is 6.07 Å². The average molecular weight is 291 g/mol. The van der Waals surface area contributed by atoms with E-state index >= 15 is 0 Å². The van der Waals surface area contributed by atoms with E-state index in [2.05, 4.69) is 25.9 Å². The lowest BCUT2D eigenvalue weighted by molar-refractivity contribution is -0.121. The summed E-state index contributed by atoms with van der Waals surface area (Å²) in [5.74, 6) is 0.716. The predicted molar refractivity (Wildman–Crippen MR) is 85.7 cm³/mol. The number of carbonyl (C=O) groups is 1. The second-order valence-corrected chi connectivity index (χ2v) is 5.76. The number of hydrogen-bond acceptors (Lipinski definition) is 4. The van der Waals surface area contributed by atoms with Gasteiger partial charge in [-0.3, -0.25) is 4.79 Å². The van der Waals surface area contributed by atoms with Crippen LogP contribution in [-0.4, -0.2) is 44.1 Å². The van der Waals surface area contributed by atoms with Gasteiger partial charge in [-0.15, -0.1) is 0 Å². The molecular weight excluding hydrogens is 266 g/mol. The maximum Gasteiger partial charge on any atom is 0.265 e. The monoisotopic (exact) mass is 291 g/mol. The van der Waals surface area contributed by atoms with E-state index in [-0.39, 0.29) is 12.5 Å². The molecule has 116 valence electrons. The number of nitrogen functional groups attached to an aromatic ring is 1. The molecule has 0 spiro atoms. The van der Waals surface area contributed by atoms with Crippen molar-refractivity contribution >= 4 is 17.3 Å².